The van der Waals surface area contributed by atoms with Crippen LogP contribution >= 0.6 is 0 Å². The Morgan fingerprint density at radius 1 is 1.44 bits per heavy atom. The van der Waals surface area contributed by atoms with Crippen molar-refractivity contribution in [2.45, 2.75) is 13.0 Å². The average molecular weight is 284 g/mol. The van der Waals surface area contributed by atoms with Crippen LogP contribution in [0.1, 0.15) is 13.0 Å². The van der Waals surface area contributed by atoms with Gasteiger partial charge >= 0.3 is 98.1 Å². The van der Waals surface area contributed by atoms with Gasteiger partial charge in [0, 0.05) is 0 Å². The van der Waals surface area contributed by atoms with E-state index in [1.165, 1.54) is 7.11 Å². The molecule has 0 saturated heterocycles. The topological polar surface area (TPSA) is 48.3 Å². The molecule has 0 spiro atoms. The molecule has 1 atom stereocenters. The molecule has 0 fully saturated rings. The van der Waals surface area contributed by atoms with Gasteiger partial charge in [-0.1, -0.05) is 0 Å². The second kappa shape index (κ2) is 4.28. The first kappa shape index (κ1) is 11.2. The van der Waals surface area contributed by atoms with Gasteiger partial charge in [-0.25, -0.2) is 0 Å². The summed E-state index contributed by atoms with van der Waals surface area (Å²) in [5.41, 5.74) is -0.0755. The average Bonchev–Trinajstić information content (AvgIpc) is 2.65. The van der Waals surface area contributed by atoms with Gasteiger partial charge in [-0.2, -0.15) is 0 Å². The van der Waals surface area contributed by atoms with Gasteiger partial charge < -0.3 is 0 Å². The third-order valence-corrected chi connectivity index (χ3v) is 4.99. The Hall–Kier alpha value is -1.32. The summed E-state index contributed by atoms with van der Waals surface area (Å²) < 4.78 is 7.26. The number of carbonyl (C=O) groups is 1. The Bertz CT molecular complexity index is 584. The molecule has 0 amide bonds. The first-order chi connectivity index (χ1) is 7.65. The van der Waals surface area contributed by atoms with E-state index in [1.54, 1.807) is 16.6 Å². The van der Waals surface area contributed by atoms with Gasteiger partial charge in [0.1, 0.15) is 0 Å². The predicted octanol–water partition coefficient (Wildman–Crippen LogP) is 0.792. The van der Waals surface area contributed by atoms with Crippen LogP contribution in [0.5, 0.6) is 0 Å². The molecule has 0 unspecified atom stereocenters. The van der Waals surface area contributed by atoms with Gasteiger partial charge in [-0.15, -0.1) is 0 Å². The normalized spacial score (nSPS) is 12.6. The van der Waals surface area contributed by atoms with E-state index < -0.39 is 6.04 Å². The van der Waals surface area contributed by atoms with E-state index in [4.69, 9.17) is 0 Å². The number of esters is 1. The molecule has 1 aromatic carbocycles. The molecular weight excluding hydrogens is 273 g/mol. The van der Waals surface area contributed by atoms with Crippen molar-refractivity contribution in [3.63, 3.8) is 0 Å². The fourth-order valence-electron chi connectivity index (χ4n) is 1.51. The van der Waals surface area contributed by atoms with Crippen molar-refractivity contribution < 1.29 is 9.53 Å². The van der Waals surface area contributed by atoms with Gasteiger partial charge in [0.05, 0.1) is 0 Å². The number of methoxy groups -OCH3 is 1. The maximum absolute atomic E-state index is 12.0. The Morgan fingerprint density at radius 2 is 2.12 bits per heavy atom. The number of carbonyl (C=O) groups excluding carboxylic acids is 1. The van der Waals surface area contributed by atoms with E-state index in [0.717, 1.165) is 4.26 Å². The second-order valence-corrected chi connectivity index (χ2v) is 5.55. The van der Waals surface area contributed by atoms with Gasteiger partial charge in [-0.05, 0) is 0 Å². The number of hydrogen-bond donors (Lipinski definition) is 0. The van der Waals surface area contributed by atoms with Crippen molar-refractivity contribution >= 4 is 30.3 Å². The van der Waals surface area contributed by atoms with Crippen molar-refractivity contribution in [2.24, 2.45) is 0 Å². The van der Waals surface area contributed by atoms with Crippen LogP contribution in [0.15, 0.2) is 29.1 Å². The SMILES string of the molecule is COC(=O)[C@H](C)n1[se]c2ccccc2c1=O. The van der Waals surface area contributed by atoms with Gasteiger partial charge in [0.2, 0.25) is 0 Å². The molecule has 2 aromatic rings. The zero-order valence-electron chi connectivity index (χ0n) is 8.97. The number of ether oxygens (including phenoxy) is 1. The van der Waals surface area contributed by atoms with E-state index in [2.05, 4.69) is 4.74 Å². The molecule has 0 aliphatic heterocycles. The Labute approximate surface area is 98.4 Å². The number of rotatable bonds is 2. The zero-order valence-corrected chi connectivity index (χ0v) is 10.7. The summed E-state index contributed by atoms with van der Waals surface area (Å²) >= 11 is -0.124. The summed E-state index contributed by atoms with van der Waals surface area (Å²) in [5, 5.41) is 0.707. The number of aromatic nitrogens is 1. The van der Waals surface area contributed by atoms with E-state index in [9.17, 15) is 9.59 Å². The fourth-order valence-corrected chi connectivity index (χ4v) is 3.67. The number of fused-ring (bicyclic) bond motifs is 1. The van der Waals surface area contributed by atoms with Crippen molar-refractivity contribution in [1.82, 2.24) is 3.56 Å². The van der Waals surface area contributed by atoms with E-state index in [-0.39, 0.29) is 26.3 Å². The minimum absolute atomic E-state index is 0.0755. The molecule has 16 heavy (non-hydrogen) atoms. The van der Waals surface area contributed by atoms with E-state index in [1.807, 2.05) is 18.2 Å². The number of nitrogens with zero attached hydrogens (tertiary/aromatic N) is 1. The summed E-state index contributed by atoms with van der Waals surface area (Å²) in [6.07, 6.45) is 0. The molecule has 0 radical (unpaired) electrons. The fraction of sp³-hybridized carbons (Fsp3) is 0.273. The molecular formula is C11H11NO3Se. The summed E-state index contributed by atoms with van der Waals surface area (Å²) in [4.78, 5) is 23.4. The summed E-state index contributed by atoms with van der Waals surface area (Å²) in [7, 11) is 1.33. The summed E-state index contributed by atoms with van der Waals surface area (Å²) in [5.74, 6) is -0.372. The molecule has 0 bridgehead atoms. The Balaban J connectivity index is 2.58. The van der Waals surface area contributed by atoms with Crippen molar-refractivity contribution in [3.05, 3.63) is 34.6 Å². The Kier molecular flexibility index (Phi) is 2.99. The van der Waals surface area contributed by atoms with Gasteiger partial charge in [-0.3, -0.25) is 0 Å². The van der Waals surface area contributed by atoms with Gasteiger partial charge in [0.15, 0.2) is 0 Å². The molecule has 2 rings (SSSR count). The van der Waals surface area contributed by atoms with Crippen LogP contribution in [-0.2, 0) is 9.53 Å². The second-order valence-electron chi connectivity index (χ2n) is 3.42. The van der Waals surface area contributed by atoms with Gasteiger partial charge in [0.25, 0.3) is 0 Å². The quantitative estimate of drug-likeness (QED) is 0.605. The predicted molar refractivity (Wildman–Crippen MR) is 61.9 cm³/mol. The van der Waals surface area contributed by atoms with Crippen LogP contribution in [0.3, 0.4) is 0 Å². The van der Waals surface area contributed by atoms with Crippen molar-refractivity contribution in [3.8, 4) is 0 Å². The summed E-state index contributed by atoms with van der Waals surface area (Å²) in [6, 6.07) is 6.95. The summed E-state index contributed by atoms with van der Waals surface area (Å²) in [6.45, 7) is 1.69. The first-order valence-electron chi connectivity index (χ1n) is 4.83. The monoisotopic (exact) mass is 285 g/mol. The Morgan fingerprint density at radius 3 is 2.75 bits per heavy atom. The maximum atomic E-state index is 12.0. The molecule has 84 valence electrons. The number of hydrogen-bond acceptors (Lipinski definition) is 3. The van der Waals surface area contributed by atoms with E-state index in [0.29, 0.717) is 5.39 Å². The molecule has 0 saturated carbocycles. The van der Waals surface area contributed by atoms with Crippen LogP contribution in [0, 0.1) is 0 Å². The standard InChI is InChI=1S/C11H11NO3Se/c1-7(11(14)15-2)12-10(13)8-5-3-4-6-9(8)16-12/h3-7H,1-2H3/t7-/m0/s1. The zero-order chi connectivity index (χ0) is 11.7. The third-order valence-electron chi connectivity index (χ3n) is 2.41. The first-order valence-corrected chi connectivity index (χ1v) is 6.46. The van der Waals surface area contributed by atoms with Crippen molar-refractivity contribution in [2.75, 3.05) is 7.11 Å². The molecule has 5 heteroatoms. The molecule has 4 nitrogen and oxygen atoms in total. The number of benzene rings is 1. The van der Waals surface area contributed by atoms with Crippen LogP contribution in [-0.4, -0.2) is 31.4 Å². The van der Waals surface area contributed by atoms with Crippen molar-refractivity contribution in [1.29, 1.82) is 0 Å². The van der Waals surface area contributed by atoms with Crippen LogP contribution in [0.25, 0.3) is 9.65 Å². The minimum atomic E-state index is -0.509. The van der Waals surface area contributed by atoms with Crippen LogP contribution in [0.2, 0.25) is 0 Å². The molecule has 1 heterocycles. The molecule has 1 aromatic heterocycles. The molecule has 0 aliphatic rings. The van der Waals surface area contributed by atoms with Crippen LogP contribution < -0.4 is 5.56 Å². The van der Waals surface area contributed by atoms with Crippen LogP contribution in [0.4, 0.5) is 0 Å². The molecule has 0 aliphatic carbocycles. The third kappa shape index (κ3) is 1.72. The molecule has 0 N–H and O–H groups in total. The van der Waals surface area contributed by atoms with E-state index >= 15 is 0 Å².